The van der Waals surface area contributed by atoms with E-state index in [1.165, 1.54) is 0 Å². The molecule has 2 fully saturated rings. The molecular formula is C20H25N3O2. The molecule has 1 heterocycles. The Kier molecular flexibility index (Phi) is 3.72. The lowest BCUT2D eigenvalue weighted by Gasteiger charge is -2.44. The highest BCUT2D eigenvalue weighted by atomic mass is 16.3. The van der Waals surface area contributed by atoms with Crippen molar-refractivity contribution in [3.8, 4) is 0 Å². The number of benzene rings is 1. The van der Waals surface area contributed by atoms with Gasteiger partial charge in [-0.1, -0.05) is 18.2 Å². The Bertz CT molecular complexity index is 823. The molecule has 2 N–H and O–H groups in total. The van der Waals surface area contributed by atoms with Gasteiger partial charge in [-0.3, -0.25) is 4.79 Å². The predicted molar refractivity (Wildman–Crippen MR) is 98.9 cm³/mol. The minimum atomic E-state index is -0.560. The summed E-state index contributed by atoms with van der Waals surface area (Å²) in [5.41, 5.74) is 0.798. The Hall–Kier alpha value is -2.14. The summed E-state index contributed by atoms with van der Waals surface area (Å²) in [6.45, 7) is 0.552. The molecule has 0 atom stereocenters. The van der Waals surface area contributed by atoms with Crippen molar-refractivity contribution in [2.75, 3.05) is 25.5 Å². The first kappa shape index (κ1) is 16.3. The van der Waals surface area contributed by atoms with Gasteiger partial charge in [0.25, 0.3) is 5.91 Å². The topological polar surface area (TPSA) is 65.5 Å². The number of pyridine rings is 1. The van der Waals surface area contributed by atoms with Crippen molar-refractivity contribution in [1.82, 2.24) is 10.3 Å². The first-order chi connectivity index (χ1) is 11.9. The van der Waals surface area contributed by atoms with E-state index >= 15 is 0 Å². The molecule has 4 rings (SSSR count). The van der Waals surface area contributed by atoms with Crippen LogP contribution in [-0.4, -0.2) is 42.2 Å². The zero-order chi connectivity index (χ0) is 17.7. The van der Waals surface area contributed by atoms with E-state index in [2.05, 4.69) is 10.3 Å². The summed E-state index contributed by atoms with van der Waals surface area (Å²) in [5.74, 6) is 0.679. The van der Waals surface area contributed by atoms with Crippen molar-refractivity contribution in [3.05, 3.63) is 35.9 Å². The summed E-state index contributed by atoms with van der Waals surface area (Å²) in [7, 11) is 3.84. The zero-order valence-corrected chi connectivity index (χ0v) is 14.9. The molecule has 0 spiro atoms. The van der Waals surface area contributed by atoms with Crippen molar-refractivity contribution in [1.29, 1.82) is 0 Å². The van der Waals surface area contributed by atoms with Crippen molar-refractivity contribution in [3.63, 3.8) is 0 Å². The number of para-hydroxylation sites is 1. The summed E-state index contributed by atoms with van der Waals surface area (Å²) in [6.07, 6.45) is 4.83. The second-order valence-electron chi connectivity index (χ2n) is 7.79. The van der Waals surface area contributed by atoms with Gasteiger partial charge in [-0.15, -0.1) is 0 Å². The fraction of sp³-hybridized carbons (Fsp3) is 0.500. The molecule has 5 heteroatoms. The van der Waals surface area contributed by atoms with Crippen LogP contribution in [0.1, 0.15) is 42.5 Å². The third-order valence-corrected chi connectivity index (χ3v) is 6.01. The molecule has 2 aromatic rings. The fourth-order valence-electron chi connectivity index (χ4n) is 3.92. The molecule has 5 nitrogen and oxygen atoms in total. The van der Waals surface area contributed by atoms with Crippen LogP contribution < -0.4 is 10.2 Å². The highest BCUT2D eigenvalue weighted by molar-refractivity contribution is 6.07. The van der Waals surface area contributed by atoms with Crippen molar-refractivity contribution < 1.29 is 9.90 Å². The Morgan fingerprint density at radius 2 is 1.96 bits per heavy atom. The van der Waals surface area contributed by atoms with Gasteiger partial charge in [-0.2, -0.15) is 0 Å². The maximum Gasteiger partial charge on any atom is 0.252 e. The molecule has 0 aliphatic heterocycles. The number of carbonyl (C=O) groups is 1. The van der Waals surface area contributed by atoms with Crippen LogP contribution in [0.25, 0.3) is 10.9 Å². The smallest absolute Gasteiger partial charge is 0.252 e. The van der Waals surface area contributed by atoms with E-state index in [-0.39, 0.29) is 11.3 Å². The first-order valence-corrected chi connectivity index (χ1v) is 9.02. The SMILES string of the molecule is CN(C)c1cc(C(=O)NCC2(C3(O)CCC3)CC2)c2ccccc2n1. The highest BCUT2D eigenvalue weighted by Crippen LogP contribution is 2.60. The monoisotopic (exact) mass is 339 g/mol. The maximum absolute atomic E-state index is 12.9. The second-order valence-corrected chi connectivity index (χ2v) is 7.79. The van der Waals surface area contributed by atoms with Crippen LogP contribution in [-0.2, 0) is 0 Å². The van der Waals surface area contributed by atoms with Gasteiger partial charge >= 0.3 is 0 Å². The van der Waals surface area contributed by atoms with Gasteiger partial charge in [0.2, 0.25) is 0 Å². The Balaban J connectivity index is 1.59. The Labute approximate surface area is 148 Å². The highest BCUT2D eigenvalue weighted by Gasteiger charge is 2.60. The summed E-state index contributed by atoms with van der Waals surface area (Å²) in [4.78, 5) is 19.4. The molecule has 2 saturated carbocycles. The molecule has 132 valence electrons. The van der Waals surface area contributed by atoms with Crippen LogP contribution in [0.2, 0.25) is 0 Å². The molecule has 0 unspecified atom stereocenters. The standard InChI is InChI=1S/C20H25N3O2/c1-23(2)17-12-15(14-6-3-4-7-16(14)22-17)18(24)21-13-19(10-11-19)20(25)8-5-9-20/h3-4,6-7,12,25H,5,8-11,13H2,1-2H3,(H,21,24). The Morgan fingerprint density at radius 1 is 1.24 bits per heavy atom. The molecule has 1 amide bonds. The molecule has 2 aliphatic carbocycles. The number of amides is 1. The van der Waals surface area contributed by atoms with E-state index in [4.69, 9.17) is 0 Å². The predicted octanol–water partition coefficient (Wildman–Crippen LogP) is 2.73. The third kappa shape index (κ3) is 2.67. The number of anilines is 1. The number of hydrogen-bond acceptors (Lipinski definition) is 4. The number of fused-ring (bicyclic) bond motifs is 1. The van der Waals surface area contributed by atoms with E-state index in [1.54, 1.807) is 0 Å². The molecule has 2 aliphatic rings. The second kappa shape index (κ2) is 5.70. The van der Waals surface area contributed by atoms with E-state index in [9.17, 15) is 9.90 Å². The van der Waals surface area contributed by atoms with Crippen molar-refractivity contribution in [2.24, 2.45) is 5.41 Å². The third-order valence-electron chi connectivity index (χ3n) is 6.01. The average molecular weight is 339 g/mol. The lowest BCUT2D eigenvalue weighted by Crippen LogP contribution is -2.50. The summed E-state index contributed by atoms with van der Waals surface area (Å²) in [6, 6.07) is 9.56. The fourth-order valence-corrected chi connectivity index (χ4v) is 3.92. The number of hydrogen-bond donors (Lipinski definition) is 2. The molecule has 1 aromatic heterocycles. The van der Waals surface area contributed by atoms with Crippen LogP contribution >= 0.6 is 0 Å². The van der Waals surface area contributed by atoms with Gasteiger partial charge in [0.15, 0.2) is 0 Å². The molecule has 0 radical (unpaired) electrons. The van der Waals surface area contributed by atoms with Crippen molar-refractivity contribution in [2.45, 2.75) is 37.7 Å². The van der Waals surface area contributed by atoms with Gasteiger partial charge in [0, 0.05) is 31.4 Å². The number of aliphatic hydroxyl groups is 1. The lowest BCUT2D eigenvalue weighted by molar-refractivity contribution is -0.0947. The normalized spacial score (nSPS) is 20.0. The number of rotatable bonds is 5. The van der Waals surface area contributed by atoms with Crippen LogP contribution in [0.15, 0.2) is 30.3 Å². The number of nitrogens with one attached hydrogen (secondary N) is 1. The van der Waals surface area contributed by atoms with E-state index in [0.29, 0.717) is 12.1 Å². The Morgan fingerprint density at radius 3 is 2.56 bits per heavy atom. The molecule has 1 aromatic carbocycles. The van der Waals surface area contributed by atoms with E-state index in [0.717, 1.165) is 48.8 Å². The van der Waals surface area contributed by atoms with Crippen LogP contribution in [0.4, 0.5) is 5.82 Å². The molecule has 0 bridgehead atoms. The first-order valence-electron chi connectivity index (χ1n) is 9.02. The number of carbonyl (C=O) groups excluding carboxylic acids is 1. The van der Waals surface area contributed by atoms with E-state index in [1.807, 2.05) is 49.3 Å². The summed E-state index contributed by atoms with van der Waals surface area (Å²) < 4.78 is 0. The molecule has 25 heavy (non-hydrogen) atoms. The van der Waals surface area contributed by atoms with Gasteiger partial charge in [-0.05, 0) is 44.2 Å². The average Bonchev–Trinajstić information content (AvgIpc) is 3.38. The van der Waals surface area contributed by atoms with Gasteiger partial charge in [0.1, 0.15) is 5.82 Å². The van der Waals surface area contributed by atoms with Crippen LogP contribution in [0.5, 0.6) is 0 Å². The van der Waals surface area contributed by atoms with E-state index < -0.39 is 5.60 Å². The minimum absolute atomic E-state index is 0.0871. The van der Waals surface area contributed by atoms with Gasteiger partial charge in [0.05, 0.1) is 16.7 Å². The van der Waals surface area contributed by atoms with Crippen LogP contribution in [0.3, 0.4) is 0 Å². The van der Waals surface area contributed by atoms with Gasteiger partial charge in [-0.25, -0.2) is 4.98 Å². The summed E-state index contributed by atoms with van der Waals surface area (Å²) >= 11 is 0. The minimum Gasteiger partial charge on any atom is -0.389 e. The zero-order valence-electron chi connectivity index (χ0n) is 14.9. The molecular weight excluding hydrogens is 314 g/mol. The lowest BCUT2D eigenvalue weighted by atomic mass is 9.69. The van der Waals surface area contributed by atoms with Crippen molar-refractivity contribution >= 4 is 22.6 Å². The largest absolute Gasteiger partial charge is 0.389 e. The number of aromatic nitrogens is 1. The molecule has 0 saturated heterocycles. The van der Waals surface area contributed by atoms with Gasteiger partial charge < -0.3 is 15.3 Å². The maximum atomic E-state index is 12.9. The summed E-state index contributed by atoms with van der Waals surface area (Å²) in [5, 5.41) is 14.7. The quantitative estimate of drug-likeness (QED) is 0.879. The van der Waals surface area contributed by atoms with Crippen LogP contribution in [0, 0.1) is 5.41 Å². The number of nitrogens with zero attached hydrogens (tertiary/aromatic N) is 2.